The molecule has 168 valence electrons. The highest BCUT2D eigenvalue weighted by atomic mass is 79.9. The topological polar surface area (TPSA) is 82.6 Å². The number of hydrogen-bond acceptors (Lipinski definition) is 5. The second-order valence-corrected chi connectivity index (χ2v) is 8.36. The lowest BCUT2D eigenvalue weighted by molar-refractivity contribution is 0.0323. The quantitative estimate of drug-likeness (QED) is 0.534. The van der Waals surface area contributed by atoms with Crippen LogP contribution in [0.2, 0.25) is 0 Å². The Balaban J connectivity index is 1.71. The molecule has 1 aromatic heterocycles. The van der Waals surface area contributed by atoms with Crippen molar-refractivity contribution in [2.24, 2.45) is 12.8 Å². The molecule has 0 bridgehead atoms. The fourth-order valence-electron chi connectivity index (χ4n) is 3.84. The number of primary amides is 1. The maximum atomic E-state index is 14.8. The summed E-state index contributed by atoms with van der Waals surface area (Å²) in [5.41, 5.74) is 7.84. The predicted molar refractivity (Wildman–Crippen MR) is 123 cm³/mol. The van der Waals surface area contributed by atoms with Gasteiger partial charge in [0.15, 0.2) is 0 Å². The lowest BCUT2D eigenvalue weighted by Gasteiger charge is -2.26. The van der Waals surface area contributed by atoms with Gasteiger partial charge in [-0.3, -0.25) is 14.4 Å². The first-order chi connectivity index (χ1) is 15.5. The number of carbonyl (C=O) groups excluding carboxylic acids is 1. The average molecular weight is 503 g/mol. The Hall–Kier alpha value is -2.75. The summed E-state index contributed by atoms with van der Waals surface area (Å²) in [6.07, 6.45) is 1.69. The summed E-state index contributed by atoms with van der Waals surface area (Å²) in [7, 11) is 1.82. The number of carbonyl (C=O) groups is 1. The maximum Gasteiger partial charge on any atom is 0.249 e. The van der Waals surface area contributed by atoms with Crippen molar-refractivity contribution in [3.8, 4) is 28.1 Å². The highest BCUT2D eigenvalue weighted by Crippen LogP contribution is 2.39. The minimum absolute atomic E-state index is 0.126. The van der Waals surface area contributed by atoms with Crippen molar-refractivity contribution in [3.05, 3.63) is 58.4 Å². The molecule has 1 aliphatic rings. The molecular formula is C23H24BrFN4O3. The first-order valence-corrected chi connectivity index (χ1v) is 11.1. The third-order valence-corrected chi connectivity index (χ3v) is 6.05. The zero-order chi connectivity index (χ0) is 22.7. The van der Waals surface area contributed by atoms with Crippen LogP contribution in [0.5, 0.6) is 5.75 Å². The molecule has 2 N–H and O–H groups in total. The van der Waals surface area contributed by atoms with E-state index in [2.05, 4.69) is 25.9 Å². The molecule has 32 heavy (non-hydrogen) atoms. The third-order valence-electron chi connectivity index (χ3n) is 5.47. The van der Waals surface area contributed by atoms with E-state index in [-0.39, 0.29) is 11.1 Å². The highest BCUT2D eigenvalue weighted by molar-refractivity contribution is 9.10. The van der Waals surface area contributed by atoms with E-state index in [0.717, 1.165) is 48.6 Å². The van der Waals surface area contributed by atoms with Gasteiger partial charge >= 0.3 is 0 Å². The van der Waals surface area contributed by atoms with Crippen molar-refractivity contribution >= 4 is 21.8 Å². The zero-order valence-electron chi connectivity index (χ0n) is 17.7. The Morgan fingerprint density at radius 2 is 2.06 bits per heavy atom. The Labute approximate surface area is 194 Å². The van der Waals surface area contributed by atoms with E-state index in [4.69, 9.17) is 15.2 Å². The van der Waals surface area contributed by atoms with Gasteiger partial charge in [0.25, 0.3) is 0 Å². The summed E-state index contributed by atoms with van der Waals surface area (Å²) >= 11 is 3.54. The number of benzene rings is 2. The predicted octanol–water partition coefficient (Wildman–Crippen LogP) is 3.47. The van der Waals surface area contributed by atoms with E-state index in [1.165, 1.54) is 18.2 Å². The smallest absolute Gasteiger partial charge is 0.249 e. The standard InChI is InChI=1S/C23H24BrFN4O3/c1-28-22(18(24)14-27-28)17-13-15(21-16(23(26)30)3-2-4-19(21)25)5-6-20(17)32-12-9-29-7-10-31-11-8-29/h2-6,13-14H,7-12H2,1H3,(H2,26,30). The molecule has 7 nitrogen and oxygen atoms in total. The van der Waals surface area contributed by atoms with E-state index < -0.39 is 11.7 Å². The number of rotatable bonds is 7. The summed E-state index contributed by atoms with van der Waals surface area (Å²) < 4.78 is 28.8. The van der Waals surface area contributed by atoms with Crippen LogP contribution < -0.4 is 10.5 Å². The molecule has 2 aromatic carbocycles. The van der Waals surface area contributed by atoms with Crippen LogP contribution in [0, 0.1) is 5.82 Å². The Kier molecular flexibility index (Phi) is 6.88. The Morgan fingerprint density at radius 3 is 2.75 bits per heavy atom. The first-order valence-electron chi connectivity index (χ1n) is 10.3. The Bertz CT molecular complexity index is 1110. The zero-order valence-corrected chi connectivity index (χ0v) is 19.3. The molecule has 3 aromatic rings. The van der Waals surface area contributed by atoms with Gasteiger partial charge in [0, 0.05) is 43.4 Å². The Morgan fingerprint density at radius 1 is 1.28 bits per heavy atom. The summed E-state index contributed by atoms with van der Waals surface area (Å²) in [6, 6.07) is 9.64. The fourth-order valence-corrected chi connectivity index (χ4v) is 4.40. The second-order valence-electron chi connectivity index (χ2n) is 7.50. The SMILES string of the molecule is Cn1ncc(Br)c1-c1cc(-c2c(F)cccc2C(N)=O)ccc1OCCN1CCOCC1. The summed E-state index contributed by atoms with van der Waals surface area (Å²) in [5, 5.41) is 4.30. The molecule has 0 unspecified atom stereocenters. The molecule has 2 heterocycles. The van der Waals surface area contributed by atoms with Gasteiger partial charge in [-0.05, 0) is 45.8 Å². The number of aromatic nitrogens is 2. The van der Waals surface area contributed by atoms with Crippen LogP contribution in [0.1, 0.15) is 10.4 Å². The number of amides is 1. The van der Waals surface area contributed by atoms with Crippen molar-refractivity contribution in [1.82, 2.24) is 14.7 Å². The second kappa shape index (κ2) is 9.81. The molecule has 0 spiro atoms. The number of nitrogens with zero attached hydrogens (tertiary/aromatic N) is 3. The van der Waals surface area contributed by atoms with Crippen molar-refractivity contribution in [2.75, 3.05) is 39.5 Å². The van der Waals surface area contributed by atoms with Crippen LogP contribution in [-0.2, 0) is 11.8 Å². The van der Waals surface area contributed by atoms with Gasteiger partial charge in [0.2, 0.25) is 5.91 Å². The van der Waals surface area contributed by atoms with Crippen molar-refractivity contribution in [2.45, 2.75) is 0 Å². The first kappa shape index (κ1) is 22.4. The van der Waals surface area contributed by atoms with Crippen LogP contribution in [-0.4, -0.2) is 60.0 Å². The van der Waals surface area contributed by atoms with Crippen LogP contribution in [0.25, 0.3) is 22.4 Å². The monoisotopic (exact) mass is 502 g/mol. The number of hydrogen-bond donors (Lipinski definition) is 1. The molecule has 9 heteroatoms. The van der Waals surface area contributed by atoms with Crippen LogP contribution in [0.15, 0.2) is 47.1 Å². The van der Waals surface area contributed by atoms with E-state index in [1.807, 2.05) is 7.05 Å². The molecular weight excluding hydrogens is 479 g/mol. The number of nitrogens with two attached hydrogens (primary N) is 1. The average Bonchev–Trinajstić information content (AvgIpc) is 3.12. The van der Waals surface area contributed by atoms with Gasteiger partial charge in [-0.1, -0.05) is 12.1 Å². The van der Waals surface area contributed by atoms with Gasteiger partial charge in [-0.2, -0.15) is 5.10 Å². The van der Waals surface area contributed by atoms with E-state index in [1.54, 1.807) is 29.1 Å². The molecule has 0 atom stereocenters. The number of halogens is 2. The highest BCUT2D eigenvalue weighted by Gasteiger charge is 2.20. The normalized spacial score (nSPS) is 14.5. The van der Waals surface area contributed by atoms with Gasteiger partial charge in [0.05, 0.1) is 29.6 Å². The maximum absolute atomic E-state index is 14.8. The van der Waals surface area contributed by atoms with Gasteiger partial charge in [-0.25, -0.2) is 4.39 Å². The van der Waals surface area contributed by atoms with Gasteiger partial charge in [0.1, 0.15) is 18.2 Å². The van der Waals surface area contributed by atoms with Crippen molar-refractivity contribution in [1.29, 1.82) is 0 Å². The van der Waals surface area contributed by atoms with Gasteiger partial charge < -0.3 is 15.2 Å². The summed E-state index contributed by atoms with van der Waals surface area (Å²) in [4.78, 5) is 14.2. The molecule has 0 radical (unpaired) electrons. The van der Waals surface area contributed by atoms with Crippen LogP contribution >= 0.6 is 15.9 Å². The number of ether oxygens (including phenoxy) is 2. The molecule has 0 aliphatic carbocycles. The molecule has 1 fully saturated rings. The van der Waals surface area contributed by atoms with Crippen molar-refractivity contribution in [3.63, 3.8) is 0 Å². The number of aryl methyl sites for hydroxylation is 1. The molecule has 1 aliphatic heterocycles. The minimum Gasteiger partial charge on any atom is -0.492 e. The molecule has 1 amide bonds. The third kappa shape index (κ3) is 4.69. The minimum atomic E-state index is -0.686. The lowest BCUT2D eigenvalue weighted by atomic mass is 9.96. The molecule has 0 saturated carbocycles. The largest absolute Gasteiger partial charge is 0.492 e. The van der Waals surface area contributed by atoms with Gasteiger partial charge in [-0.15, -0.1) is 0 Å². The number of morpholine rings is 1. The van der Waals surface area contributed by atoms with Crippen molar-refractivity contribution < 1.29 is 18.7 Å². The summed E-state index contributed by atoms with van der Waals surface area (Å²) in [5.74, 6) is -0.561. The molecule has 1 saturated heterocycles. The lowest BCUT2D eigenvalue weighted by Crippen LogP contribution is -2.38. The molecule has 4 rings (SSSR count). The fraction of sp³-hybridized carbons (Fsp3) is 0.304. The van der Waals surface area contributed by atoms with E-state index in [0.29, 0.717) is 17.9 Å². The van der Waals surface area contributed by atoms with E-state index >= 15 is 0 Å². The van der Waals surface area contributed by atoms with Crippen LogP contribution in [0.3, 0.4) is 0 Å². The van der Waals surface area contributed by atoms with Crippen LogP contribution in [0.4, 0.5) is 4.39 Å². The summed E-state index contributed by atoms with van der Waals surface area (Å²) in [6.45, 7) is 4.49. The van der Waals surface area contributed by atoms with E-state index in [9.17, 15) is 9.18 Å².